The topological polar surface area (TPSA) is 65.8 Å². The molecule has 0 aliphatic carbocycles. The number of hydrogen-bond donors (Lipinski definition) is 0. The van der Waals surface area contributed by atoms with E-state index in [0.717, 1.165) is 24.5 Å². The first kappa shape index (κ1) is 16.1. The number of rotatable bonds is 2. The monoisotopic (exact) mass is 323 g/mol. The van der Waals surface area contributed by atoms with Crippen molar-refractivity contribution in [1.29, 1.82) is 0 Å². The van der Waals surface area contributed by atoms with E-state index < -0.39 is 5.60 Å². The predicted molar refractivity (Wildman–Crippen MR) is 83.3 cm³/mol. The molecule has 23 heavy (non-hydrogen) atoms. The largest absolute Gasteiger partial charge is 0.484 e. The van der Waals surface area contributed by atoms with Crippen molar-refractivity contribution in [3.05, 3.63) is 11.9 Å². The van der Waals surface area contributed by atoms with Gasteiger partial charge in [0.25, 0.3) is 0 Å². The average Bonchev–Trinajstić information content (AvgIpc) is 3.06. The van der Waals surface area contributed by atoms with Gasteiger partial charge in [-0.1, -0.05) is 0 Å². The van der Waals surface area contributed by atoms with Crippen molar-refractivity contribution in [2.24, 2.45) is 0 Å². The normalized spacial score (nSPS) is 24.4. The summed E-state index contributed by atoms with van der Waals surface area (Å²) >= 11 is 0. The molecular formula is C16H25N3O4. The Morgan fingerprint density at radius 2 is 2.22 bits per heavy atom. The Balaban J connectivity index is 1.74. The van der Waals surface area contributed by atoms with Gasteiger partial charge in [0.05, 0.1) is 38.5 Å². The van der Waals surface area contributed by atoms with Crippen molar-refractivity contribution in [3.63, 3.8) is 0 Å². The van der Waals surface area contributed by atoms with Crippen LogP contribution in [0.3, 0.4) is 0 Å². The number of hydrogen-bond acceptors (Lipinski definition) is 5. The Kier molecular flexibility index (Phi) is 4.23. The lowest BCUT2D eigenvalue weighted by atomic mass is 10.2. The fourth-order valence-corrected chi connectivity index (χ4v) is 2.83. The molecular weight excluding hydrogens is 298 g/mol. The van der Waals surface area contributed by atoms with Crippen molar-refractivity contribution >= 4 is 6.09 Å². The van der Waals surface area contributed by atoms with Crippen LogP contribution in [-0.2, 0) is 22.6 Å². The number of nitrogens with zero attached hydrogens (tertiary/aromatic N) is 3. The minimum atomic E-state index is -0.505. The highest BCUT2D eigenvalue weighted by atomic mass is 16.6. The summed E-state index contributed by atoms with van der Waals surface area (Å²) in [4.78, 5) is 14.2. The molecule has 0 bridgehead atoms. The second kappa shape index (κ2) is 6.03. The molecule has 0 saturated carbocycles. The summed E-state index contributed by atoms with van der Waals surface area (Å²) in [7, 11) is 0. The van der Waals surface area contributed by atoms with Crippen molar-refractivity contribution in [3.8, 4) is 5.75 Å². The molecule has 0 spiro atoms. The standard InChI is InChI=1S/C16H25N3O4/c1-11-8-19-13(9-18(11)15(20)23-16(2,3)4)14(7-17-19)22-12-5-6-21-10-12/h7,11-12H,5-6,8-10H2,1-4H3/t11-,12?/m0/s1. The summed E-state index contributed by atoms with van der Waals surface area (Å²) in [5.41, 5.74) is 0.413. The van der Waals surface area contributed by atoms with E-state index in [1.165, 1.54) is 0 Å². The lowest BCUT2D eigenvalue weighted by Gasteiger charge is -2.35. The fraction of sp³-hybridized carbons (Fsp3) is 0.750. The third kappa shape index (κ3) is 3.60. The van der Waals surface area contributed by atoms with Crippen LogP contribution in [-0.4, -0.2) is 51.7 Å². The summed E-state index contributed by atoms with van der Waals surface area (Å²) in [6, 6.07) is 0.0277. The molecule has 1 saturated heterocycles. The van der Waals surface area contributed by atoms with Crippen LogP contribution < -0.4 is 4.74 Å². The Morgan fingerprint density at radius 1 is 1.43 bits per heavy atom. The Morgan fingerprint density at radius 3 is 2.87 bits per heavy atom. The molecule has 7 heteroatoms. The van der Waals surface area contributed by atoms with Crippen LogP contribution in [0, 0.1) is 0 Å². The summed E-state index contributed by atoms with van der Waals surface area (Å²) in [6.45, 7) is 10.0. The molecule has 1 aromatic rings. The van der Waals surface area contributed by atoms with Crippen LogP contribution in [0.25, 0.3) is 0 Å². The molecule has 0 aromatic carbocycles. The predicted octanol–water partition coefficient (Wildman–Crippen LogP) is 2.19. The molecule has 2 aliphatic heterocycles. The molecule has 1 aromatic heterocycles. The van der Waals surface area contributed by atoms with Gasteiger partial charge in [-0.2, -0.15) is 5.10 Å². The van der Waals surface area contributed by atoms with Gasteiger partial charge in [0.1, 0.15) is 17.4 Å². The Bertz CT molecular complexity index is 572. The zero-order chi connectivity index (χ0) is 16.6. The van der Waals surface area contributed by atoms with Gasteiger partial charge in [0.2, 0.25) is 0 Å². The molecule has 0 N–H and O–H groups in total. The zero-order valence-corrected chi connectivity index (χ0v) is 14.2. The second-order valence-corrected chi connectivity index (χ2v) is 7.20. The number of fused-ring (bicyclic) bond motifs is 1. The van der Waals surface area contributed by atoms with Gasteiger partial charge in [-0.15, -0.1) is 0 Å². The molecule has 3 rings (SSSR count). The molecule has 7 nitrogen and oxygen atoms in total. The second-order valence-electron chi connectivity index (χ2n) is 7.20. The molecule has 2 aliphatic rings. The van der Waals surface area contributed by atoms with E-state index in [1.54, 1.807) is 11.1 Å². The molecule has 3 heterocycles. The summed E-state index contributed by atoms with van der Waals surface area (Å²) in [5, 5.41) is 4.39. The van der Waals surface area contributed by atoms with Crippen LogP contribution >= 0.6 is 0 Å². The highest BCUT2D eigenvalue weighted by molar-refractivity contribution is 5.68. The lowest BCUT2D eigenvalue weighted by molar-refractivity contribution is 0.00864. The van der Waals surface area contributed by atoms with Crippen LogP contribution in [0.5, 0.6) is 5.75 Å². The van der Waals surface area contributed by atoms with E-state index >= 15 is 0 Å². The molecule has 1 amide bonds. The van der Waals surface area contributed by atoms with Crippen molar-refractivity contribution in [2.45, 2.75) is 65.0 Å². The number of carbonyl (C=O) groups excluding carboxylic acids is 1. The van der Waals surface area contributed by atoms with E-state index in [-0.39, 0.29) is 18.2 Å². The van der Waals surface area contributed by atoms with Crippen LogP contribution in [0.1, 0.15) is 39.8 Å². The SMILES string of the molecule is C[C@H]1Cn2ncc(OC3CCOC3)c2CN1C(=O)OC(C)(C)C. The quantitative estimate of drug-likeness (QED) is 0.835. The van der Waals surface area contributed by atoms with Gasteiger partial charge in [-0.3, -0.25) is 9.58 Å². The third-order valence-corrected chi connectivity index (χ3v) is 4.01. The smallest absolute Gasteiger partial charge is 0.410 e. The number of ether oxygens (including phenoxy) is 3. The van der Waals surface area contributed by atoms with Crippen molar-refractivity contribution in [2.75, 3.05) is 13.2 Å². The first-order valence-corrected chi connectivity index (χ1v) is 8.12. The minimum absolute atomic E-state index is 0.0277. The van der Waals surface area contributed by atoms with E-state index in [4.69, 9.17) is 14.2 Å². The molecule has 1 fully saturated rings. The zero-order valence-electron chi connectivity index (χ0n) is 14.2. The van der Waals surface area contributed by atoms with Gasteiger partial charge >= 0.3 is 6.09 Å². The maximum Gasteiger partial charge on any atom is 0.410 e. The van der Waals surface area contributed by atoms with E-state index in [9.17, 15) is 4.79 Å². The fourth-order valence-electron chi connectivity index (χ4n) is 2.83. The van der Waals surface area contributed by atoms with E-state index in [2.05, 4.69) is 5.10 Å². The Hall–Kier alpha value is -1.76. The molecule has 2 atom stereocenters. The number of aromatic nitrogens is 2. The molecule has 1 unspecified atom stereocenters. The highest BCUT2D eigenvalue weighted by Gasteiger charge is 2.33. The van der Waals surface area contributed by atoms with Crippen LogP contribution in [0.15, 0.2) is 6.20 Å². The average molecular weight is 323 g/mol. The lowest BCUT2D eigenvalue weighted by Crippen LogP contribution is -2.47. The van der Waals surface area contributed by atoms with Gasteiger partial charge in [-0.05, 0) is 27.7 Å². The van der Waals surface area contributed by atoms with Crippen LogP contribution in [0.2, 0.25) is 0 Å². The maximum absolute atomic E-state index is 12.4. The summed E-state index contributed by atoms with van der Waals surface area (Å²) in [5.74, 6) is 0.737. The number of carbonyl (C=O) groups is 1. The highest BCUT2D eigenvalue weighted by Crippen LogP contribution is 2.28. The van der Waals surface area contributed by atoms with Crippen molar-refractivity contribution in [1.82, 2.24) is 14.7 Å². The maximum atomic E-state index is 12.4. The van der Waals surface area contributed by atoms with Gasteiger partial charge in [0.15, 0.2) is 5.75 Å². The van der Waals surface area contributed by atoms with Gasteiger partial charge in [-0.25, -0.2) is 4.79 Å². The van der Waals surface area contributed by atoms with E-state index in [0.29, 0.717) is 19.7 Å². The third-order valence-electron chi connectivity index (χ3n) is 4.01. The van der Waals surface area contributed by atoms with E-state index in [1.807, 2.05) is 32.4 Å². The van der Waals surface area contributed by atoms with Crippen molar-refractivity contribution < 1.29 is 19.0 Å². The van der Waals surface area contributed by atoms with Gasteiger partial charge < -0.3 is 14.2 Å². The minimum Gasteiger partial charge on any atom is -0.484 e. The summed E-state index contributed by atoms with van der Waals surface area (Å²) < 4.78 is 18.8. The van der Waals surface area contributed by atoms with Gasteiger partial charge in [0, 0.05) is 6.42 Å². The first-order valence-electron chi connectivity index (χ1n) is 8.12. The number of amides is 1. The summed E-state index contributed by atoms with van der Waals surface area (Å²) in [6.07, 6.45) is 2.39. The molecule has 128 valence electrons. The molecule has 0 radical (unpaired) electrons. The first-order chi connectivity index (χ1) is 10.8. The van der Waals surface area contributed by atoms with Crippen LogP contribution in [0.4, 0.5) is 4.79 Å². The Labute approximate surface area is 136 Å².